The Morgan fingerprint density at radius 3 is 2.48 bits per heavy atom. The summed E-state index contributed by atoms with van der Waals surface area (Å²) >= 11 is 1.81. The molecule has 3 nitrogen and oxygen atoms in total. The van der Waals surface area contributed by atoms with Crippen LogP contribution in [0.3, 0.4) is 0 Å². The number of nitrogens with one attached hydrogen (secondary N) is 1. The topological polar surface area (TPSA) is 49.3 Å². The van der Waals surface area contributed by atoms with Crippen LogP contribution in [0.5, 0.6) is 0 Å². The zero-order valence-electron chi connectivity index (χ0n) is 16.3. The third kappa shape index (κ3) is 4.33. The monoisotopic (exact) mass is 401 g/mol. The average molecular weight is 402 g/mol. The molecule has 29 heavy (non-hydrogen) atoms. The molecule has 0 aliphatic rings. The summed E-state index contributed by atoms with van der Waals surface area (Å²) in [5, 5.41) is 13.6. The molecule has 0 saturated heterocycles. The smallest absolute Gasteiger partial charge is 0.307 e. The van der Waals surface area contributed by atoms with Crippen molar-refractivity contribution in [2.24, 2.45) is 0 Å². The van der Waals surface area contributed by atoms with Crippen molar-refractivity contribution >= 4 is 33.1 Å². The summed E-state index contributed by atoms with van der Waals surface area (Å²) in [5.74, 6) is -0.809. The first-order chi connectivity index (χ1) is 14.1. The molecular weight excluding hydrogens is 378 g/mol. The van der Waals surface area contributed by atoms with Crippen molar-refractivity contribution in [3.8, 4) is 11.1 Å². The van der Waals surface area contributed by atoms with Crippen molar-refractivity contribution < 1.29 is 9.90 Å². The van der Waals surface area contributed by atoms with Crippen molar-refractivity contribution in [3.05, 3.63) is 88.8 Å². The maximum atomic E-state index is 10.8. The van der Waals surface area contributed by atoms with Gasteiger partial charge in [0.25, 0.3) is 0 Å². The van der Waals surface area contributed by atoms with Gasteiger partial charge < -0.3 is 10.4 Å². The minimum absolute atomic E-state index is 0.0542. The number of hydrogen-bond acceptors (Lipinski definition) is 3. The van der Waals surface area contributed by atoms with Crippen LogP contribution in [-0.2, 0) is 24.2 Å². The molecule has 0 aliphatic heterocycles. The van der Waals surface area contributed by atoms with Crippen LogP contribution in [0, 0.1) is 0 Å². The van der Waals surface area contributed by atoms with Gasteiger partial charge in [-0.1, -0.05) is 55.5 Å². The van der Waals surface area contributed by atoms with E-state index in [9.17, 15) is 4.79 Å². The Kier molecular flexibility index (Phi) is 5.63. The van der Waals surface area contributed by atoms with E-state index in [0.29, 0.717) is 0 Å². The largest absolute Gasteiger partial charge is 0.481 e. The van der Waals surface area contributed by atoms with Gasteiger partial charge in [0.15, 0.2) is 0 Å². The van der Waals surface area contributed by atoms with Gasteiger partial charge in [0.05, 0.1) is 6.42 Å². The minimum atomic E-state index is -0.809. The molecule has 4 rings (SSSR count). The number of carboxylic acids is 1. The van der Waals surface area contributed by atoms with E-state index in [1.54, 1.807) is 0 Å². The van der Waals surface area contributed by atoms with E-state index in [0.717, 1.165) is 24.2 Å². The normalized spacial score (nSPS) is 10.9. The fourth-order valence-corrected chi connectivity index (χ4v) is 4.66. The molecule has 0 amide bonds. The molecule has 0 fully saturated rings. The zero-order chi connectivity index (χ0) is 20.2. The van der Waals surface area contributed by atoms with Crippen molar-refractivity contribution in [1.82, 2.24) is 0 Å². The number of aryl methyl sites for hydroxylation is 1. The van der Waals surface area contributed by atoms with Crippen molar-refractivity contribution in [2.75, 3.05) is 5.32 Å². The molecule has 0 bridgehead atoms. The summed E-state index contributed by atoms with van der Waals surface area (Å²) in [6.45, 7) is 2.94. The molecule has 0 aliphatic carbocycles. The molecule has 1 heterocycles. The van der Waals surface area contributed by atoms with Crippen LogP contribution in [-0.4, -0.2) is 11.1 Å². The van der Waals surface area contributed by atoms with Gasteiger partial charge in [0.1, 0.15) is 0 Å². The quantitative estimate of drug-likeness (QED) is 0.378. The molecule has 0 atom stereocenters. The summed E-state index contributed by atoms with van der Waals surface area (Å²) in [6.07, 6.45) is 1.07. The predicted octanol–water partition coefficient (Wildman–Crippen LogP) is 6.37. The molecule has 0 saturated carbocycles. The van der Waals surface area contributed by atoms with E-state index in [1.165, 1.54) is 31.7 Å². The van der Waals surface area contributed by atoms with Gasteiger partial charge in [0.2, 0.25) is 0 Å². The minimum Gasteiger partial charge on any atom is -0.481 e. The summed E-state index contributed by atoms with van der Waals surface area (Å²) in [7, 11) is 0. The highest BCUT2D eigenvalue weighted by molar-refractivity contribution is 7.19. The molecule has 3 aromatic carbocycles. The van der Waals surface area contributed by atoms with Crippen molar-refractivity contribution in [2.45, 2.75) is 26.3 Å². The van der Waals surface area contributed by atoms with Crippen LogP contribution in [0.2, 0.25) is 0 Å². The van der Waals surface area contributed by atoms with E-state index in [1.807, 2.05) is 35.6 Å². The lowest BCUT2D eigenvalue weighted by atomic mass is 9.96. The van der Waals surface area contributed by atoms with Gasteiger partial charge in [-0.3, -0.25) is 4.79 Å². The first kappa shape index (κ1) is 19.2. The first-order valence-electron chi connectivity index (χ1n) is 9.78. The first-order valence-corrected chi connectivity index (χ1v) is 10.6. The number of aliphatic carboxylic acids is 1. The number of carbonyl (C=O) groups is 1. The van der Waals surface area contributed by atoms with Gasteiger partial charge >= 0.3 is 5.97 Å². The highest BCUT2D eigenvalue weighted by Crippen LogP contribution is 2.36. The van der Waals surface area contributed by atoms with Gasteiger partial charge in [-0.25, -0.2) is 0 Å². The maximum absolute atomic E-state index is 10.8. The van der Waals surface area contributed by atoms with Crippen LogP contribution in [0.4, 0.5) is 5.69 Å². The maximum Gasteiger partial charge on any atom is 0.307 e. The number of thiophene rings is 1. The fraction of sp³-hybridized carbons (Fsp3) is 0.160. The van der Waals surface area contributed by atoms with E-state index in [4.69, 9.17) is 5.11 Å². The van der Waals surface area contributed by atoms with Crippen LogP contribution < -0.4 is 5.32 Å². The van der Waals surface area contributed by atoms with E-state index in [-0.39, 0.29) is 6.42 Å². The summed E-state index contributed by atoms with van der Waals surface area (Å²) in [4.78, 5) is 12.1. The van der Waals surface area contributed by atoms with Gasteiger partial charge in [0, 0.05) is 27.2 Å². The highest BCUT2D eigenvalue weighted by atomic mass is 32.1. The zero-order valence-corrected chi connectivity index (χ0v) is 17.1. The van der Waals surface area contributed by atoms with Crippen molar-refractivity contribution in [3.63, 3.8) is 0 Å². The molecule has 0 unspecified atom stereocenters. The Labute approximate surface area is 174 Å². The molecule has 0 spiro atoms. The third-order valence-electron chi connectivity index (χ3n) is 5.08. The number of hydrogen-bond donors (Lipinski definition) is 2. The molecule has 4 aromatic rings. The second-order valence-electron chi connectivity index (χ2n) is 7.06. The molecule has 1 aromatic heterocycles. The molecule has 4 heteroatoms. The van der Waals surface area contributed by atoms with Gasteiger partial charge in [-0.2, -0.15) is 0 Å². The van der Waals surface area contributed by atoms with Crippen LogP contribution in [0.25, 0.3) is 21.2 Å². The molecule has 0 radical (unpaired) electrons. The van der Waals surface area contributed by atoms with Crippen LogP contribution in [0.15, 0.2) is 72.8 Å². The number of carboxylic acid groups (broad SMARTS) is 1. The molecular formula is C25H23NO2S. The molecule has 2 N–H and O–H groups in total. The second kappa shape index (κ2) is 8.50. The predicted molar refractivity (Wildman–Crippen MR) is 122 cm³/mol. The highest BCUT2D eigenvalue weighted by Gasteiger charge is 2.10. The van der Waals surface area contributed by atoms with Gasteiger partial charge in [-0.05, 0) is 52.9 Å². The lowest BCUT2D eigenvalue weighted by Crippen LogP contribution is -2.01. The molecule has 146 valence electrons. The van der Waals surface area contributed by atoms with E-state index >= 15 is 0 Å². The summed E-state index contributed by atoms with van der Waals surface area (Å²) in [5.41, 5.74) is 5.78. The van der Waals surface area contributed by atoms with Crippen molar-refractivity contribution in [1.29, 1.82) is 0 Å². The Hall–Kier alpha value is -3.11. The number of rotatable bonds is 7. The third-order valence-corrected chi connectivity index (χ3v) is 6.18. The lowest BCUT2D eigenvalue weighted by Gasteiger charge is -2.09. The number of benzene rings is 3. The van der Waals surface area contributed by atoms with Crippen LogP contribution in [0.1, 0.15) is 22.9 Å². The number of anilines is 1. The lowest BCUT2D eigenvalue weighted by molar-refractivity contribution is -0.136. The second-order valence-corrected chi connectivity index (χ2v) is 8.23. The van der Waals surface area contributed by atoms with E-state index < -0.39 is 5.97 Å². The number of fused-ring (bicyclic) bond motifs is 1. The van der Waals surface area contributed by atoms with Gasteiger partial charge in [-0.15, -0.1) is 11.3 Å². The average Bonchev–Trinajstić information content (AvgIpc) is 3.16. The Morgan fingerprint density at radius 1 is 0.966 bits per heavy atom. The van der Waals surface area contributed by atoms with E-state index in [2.05, 4.69) is 60.8 Å². The SMILES string of the molecule is CCc1ccccc1-c1cccc2sc(CNc3ccc(CC(=O)O)cc3)cc12. The standard InChI is InChI=1S/C25H23NO2S/c1-2-18-6-3-4-7-21(18)22-8-5-9-24-23(22)15-20(29-24)16-26-19-12-10-17(11-13-19)14-25(27)28/h3-13,15,26H,2,14,16H2,1H3,(H,27,28). The van der Waals surface area contributed by atoms with Crippen LogP contribution >= 0.6 is 11.3 Å². The Morgan fingerprint density at radius 2 is 1.72 bits per heavy atom. The Balaban J connectivity index is 1.56. The summed E-state index contributed by atoms with van der Waals surface area (Å²) < 4.78 is 1.29. The Bertz CT molecular complexity index is 1150. The summed E-state index contributed by atoms with van der Waals surface area (Å²) in [6, 6.07) is 25.0. The fourth-order valence-electron chi connectivity index (χ4n) is 3.63.